The van der Waals surface area contributed by atoms with Gasteiger partial charge in [-0.25, -0.2) is 0 Å². The number of hydrogen-bond donors (Lipinski definition) is 1. The molecule has 0 saturated heterocycles. The van der Waals surface area contributed by atoms with Crippen molar-refractivity contribution in [2.24, 2.45) is 17.8 Å². The molecule has 0 heterocycles. The second kappa shape index (κ2) is 5.07. The lowest BCUT2D eigenvalue weighted by Crippen LogP contribution is -2.62. The number of fused-ring (bicyclic) bond motifs is 1. The topological polar surface area (TPSA) is 20.2 Å². The van der Waals surface area contributed by atoms with Gasteiger partial charge >= 0.3 is 12.4 Å². The minimum atomic E-state index is -5.68. The normalized spacial score (nSPS) is 32.9. The first kappa shape index (κ1) is 15.9. The maximum atomic E-state index is 12.8. The zero-order chi connectivity index (χ0) is 15.2. The number of alkyl halides is 6. The summed E-state index contributed by atoms with van der Waals surface area (Å²) < 4.78 is 77.0. The molecule has 0 aromatic heterocycles. The monoisotopic (exact) mass is 304 g/mol. The van der Waals surface area contributed by atoms with Crippen LogP contribution in [0.5, 0.6) is 0 Å². The van der Waals surface area contributed by atoms with Crippen LogP contribution in [0.15, 0.2) is 0 Å². The Morgan fingerprint density at radius 1 is 0.700 bits per heavy atom. The van der Waals surface area contributed by atoms with Crippen molar-refractivity contribution in [3.05, 3.63) is 0 Å². The predicted octanol–water partition coefficient (Wildman–Crippen LogP) is 4.45. The number of hydrogen-bond acceptors (Lipinski definition) is 1. The molecule has 20 heavy (non-hydrogen) atoms. The van der Waals surface area contributed by atoms with Crippen LogP contribution in [0.25, 0.3) is 0 Å². The molecule has 3 atom stereocenters. The van der Waals surface area contributed by atoms with E-state index in [9.17, 15) is 31.4 Å². The molecule has 0 bridgehead atoms. The highest BCUT2D eigenvalue weighted by Gasteiger charge is 2.73. The van der Waals surface area contributed by atoms with Crippen molar-refractivity contribution >= 4 is 0 Å². The van der Waals surface area contributed by atoms with E-state index < -0.39 is 23.9 Å². The van der Waals surface area contributed by atoms with Crippen molar-refractivity contribution in [1.29, 1.82) is 0 Å². The van der Waals surface area contributed by atoms with Gasteiger partial charge in [0.2, 0.25) is 0 Å². The van der Waals surface area contributed by atoms with Crippen LogP contribution in [0.4, 0.5) is 26.3 Å². The van der Waals surface area contributed by atoms with Crippen molar-refractivity contribution in [3.8, 4) is 0 Å². The molecule has 3 unspecified atom stereocenters. The van der Waals surface area contributed by atoms with Gasteiger partial charge in [0.15, 0.2) is 0 Å². The highest BCUT2D eigenvalue weighted by molar-refractivity contribution is 5.02. The van der Waals surface area contributed by atoms with Gasteiger partial charge in [-0.3, -0.25) is 0 Å². The Bertz CT molecular complexity index is 334. The first-order chi connectivity index (χ1) is 9.07. The summed E-state index contributed by atoms with van der Waals surface area (Å²) in [6.45, 7) is 0. The third-order valence-electron chi connectivity index (χ3n) is 4.99. The van der Waals surface area contributed by atoms with E-state index in [1.807, 2.05) is 0 Å². The molecule has 7 heteroatoms. The van der Waals surface area contributed by atoms with Crippen LogP contribution in [0.2, 0.25) is 0 Å². The number of aliphatic hydroxyl groups is 1. The van der Waals surface area contributed by atoms with Crippen molar-refractivity contribution in [1.82, 2.24) is 0 Å². The summed E-state index contributed by atoms with van der Waals surface area (Å²) in [7, 11) is 0. The second-order valence-electron chi connectivity index (χ2n) is 6.08. The largest absolute Gasteiger partial charge is 0.426 e. The molecule has 2 rings (SSSR count). The van der Waals surface area contributed by atoms with E-state index >= 15 is 0 Å². The predicted molar refractivity (Wildman–Crippen MR) is 59.8 cm³/mol. The molecule has 0 aliphatic heterocycles. The Labute approximate surface area is 113 Å². The fraction of sp³-hybridized carbons (Fsp3) is 1.00. The Kier molecular flexibility index (Phi) is 4.04. The minimum absolute atomic E-state index is 0.112. The molecular weight excluding hydrogens is 286 g/mol. The zero-order valence-electron chi connectivity index (χ0n) is 10.9. The Hall–Kier alpha value is -0.460. The maximum Gasteiger partial charge on any atom is 0.426 e. The van der Waals surface area contributed by atoms with E-state index in [4.69, 9.17) is 0 Å². The third-order valence-corrected chi connectivity index (χ3v) is 4.99. The van der Waals surface area contributed by atoms with Crippen LogP contribution in [0.1, 0.15) is 44.9 Å². The van der Waals surface area contributed by atoms with Gasteiger partial charge < -0.3 is 5.11 Å². The smallest absolute Gasteiger partial charge is 0.373 e. The molecule has 0 spiro atoms. The van der Waals surface area contributed by atoms with Crippen molar-refractivity contribution < 1.29 is 31.4 Å². The lowest BCUT2D eigenvalue weighted by Gasteiger charge is -2.46. The molecule has 0 aromatic carbocycles. The van der Waals surface area contributed by atoms with E-state index in [0.717, 1.165) is 19.3 Å². The molecule has 1 N–H and O–H groups in total. The summed E-state index contributed by atoms with van der Waals surface area (Å²) in [6.07, 6.45) is -8.00. The van der Waals surface area contributed by atoms with Gasteiger partial charge in [0, 0.05) is 5.92 Å². The Morgan fingerprint density at radius 2 is 1.20 bits per heavy atom. The summed E-state index contributed by atoms with van der Waals surface area (Å²) in [5.41, 5.74) is -4.57. The minimum Gasteiger partial charge on any atom is -0.373 e. The van der Waals surface area contributed by atoms with Gasteiger partial charge in [0.1, 0.15) is 0 Å². The van der Waals surface area contributed by atoms with Crippen LogP contribution in [-0.4, -0.2) is 23.1 Å². The average molecular weight is 304 g/mol. The van der Waals surface area contributed by atoms with Gasteiger partial charge in [-0.1, -0.05) is 25.7 Å². The molecule has 2 aliphatic carbocycles. The zero-order valence-corrected chi connectivity index (χ0v) is 10.9. The summed E-state index contributed by atoms with van der Waals surface area (Å²) in [5, 5.41) is 9.45. The van der Waals surface area contributed by atoms with Crippen molar-refractivity contribution in [2.45, 2.75) is 62.9 Å². The Morgan fingerprint density at radius 3 is 1.70 bits per heavy atom. The second-order valence-corrected chi connectivity index (χ2v) is 6.08. The van der Waals surface area contributed by atoms with Crippen LogP contribution < -0.4 is 0 Å². The van der Waals surface area contributed by atoms with Crippen LogP contribution in [0, 0.1) is 17.8 Å². The highest BCUT2D eigenvalue weighted by Crippen LogP contribution is 2.54. The number of halogens is 6. The fourth-order valence-electron chi connectivity index (χ4n) is 3.88. The SMILES string of the molecule is OC(C1CCC2CCCCC2C1)(C(F)(F)F)C(F)(F)F. The lowest BCUT2D eigenvalue weighted by molar-refractivity contribution is -0.388. The molecule has 118 valence electrons. The molecular formula is C13H18F6O. The fourth-order valence-corrected chi connectivity index (χ4v) is 3.88. The third kappa shape index (κ3) is 2.53. The van der Waals surface area contributed by atoms with Gasteiger partial charge in [0.05, 0.1) is 0 Å². The van der Waals surface area contributed by atoms with Gasteiger partial charge in [-0.2, -0.15) is 26.3 Å². The molecule has 2 aliphatic rings. The van der Waals surface area contributed by atoms with Crippen LogP contribution in [-0.2, 0) is 0 Å². The standard InChI is InChI=1S/C13H18F6O/c14-12(15,16)11(20,13(17,18)19)10-6-5-8-3-1-2-4-9(8)7-10/h8-10,20H,1-7H2. The quantitative estimate of drug-likeness (QED) is 0.710. The molecule has 1 nitrogen and oxygen atoms in total. The van der Waals surface area contributed by atoms with Crippen molar-refractivity contribution in [3.63, 3.8) is 0 Å². The molecule has 0 aromatic rings. The van der Waals surface area contributed by atoms with Crippen LogP contribution in [0.3, 0.4) is 0 Å². The maximum absolute atomic E-state index is 12.8. The van der Waals surface area contributed by atoms with E-state index in [1.54, 1.807) is 0 Å². The molecule has 2 saturated carbocycles. The summed E-state index contributed by atoms with van der Waals surface area (Å²) in [5.74, 6) is -1.66. The first-order valence-electron chi connectivity index (χ1n) is 6.93. The summed E-state index contributed by atoms with van der Waals surface area (Å²) >= 11 is 0. The molecule has 0 radical (unpaired) electrons. The van der Waals surface area contributed by atoms with E-state index in [-0.39, 0.29) is 24.7 Å². The average Bonchev–Trinajstić information content (AvgIpc) is 2.34. The van der Waals surface area contributed by atoms with Gasteiger partial charge in [-0.05, 0) is 31.1 Å². The van der Waals surface area contributed by atoms with Gasteiger partial charge in [-0.15, -0.1) is 0 Å². The van der Waals surface area contributed by atoms with Gasteiger partial charge in [0.25, 0.3) is 5.60 Å². The van der Waals surface area contributed by atoms with E-state index in [2.05, 4.69) is 0 Å². The number of rotatable bonds is 1. The van der Waals surface area contributed by atoms with Crippen LogP contribution >= 0.6 is 0 Å². The highest BCUT2D eigenvalue weighted by atomic mass is 19.4. The van der Waals surface area contributed by atoms with Crippen molar-refractivity contribution in [2.75, 3.05) is 0 Å². The molecule has 2 fully saturated rings. The Balaban J connectivity index is 2.23. The van der Waals surface area contributed by atoms with E-state index in [0.29, 0.717) is 12.8 Å². The van der Waals surface area contributed by atoms with E-state index in [1.165, 1.54) is 0 Å². The summed E-state index contributed by atoms with van der Waals surface area (Å²) in [6, 6.07) is 0. The molecule has 0 amide bonds. The lowest BCUT2D eigenvalue weighted by atomic mass is 9.63. The summed E-state index contributed by atoms with van der Waals surface area (Å²) in [4.78, 5) is 0. The first-order valence-corrected chi connectivity index (χ1v) is 6.93.